The van der Waals surface area contributed by atoms with Crippen molar-refractivity contribution in [3.8, 4) is 11.4 Å². The van der Waals surface area contributed by atoms with E-state index >= 15 is 0 Å². The third-order valence-electron chi connectivity index (χ3n) is 2.53. The lowest BCUT2D eigenvalue weighted by molar-refractivity contribution is 1.11. The summed E-state index contributed by atoms with van der Waals surface area (Å²) < 4.78 is 2.92. The van der Waals surface area contributed by atoms with E-state index in [0.29, 0.717) is 5.69 Å². The average Bonchev–Trinajstić information content (AvgIpc) is 2.73. The van der Waals surface area contributed by atoms with Crippen LogP contribution in [0.15, 0.2) is 47.1 Å². The fourth-order valence-corrected chi connectivity index (χ4v) is 1.97. The van der Waals surface area contributed by atoms with Crippen LogP contribution in [-0.4, -0.2) is 14.6 Å². The molecule has 5 heteroatoms. The predicted octanol–water partition coefficient (Wildman–Crippen LogP) is 2.74. The fraction of sp³-hybridized carbons (Fsp3) is 0. The molecule has 2 heterocycles. The van der Waals surface area contributed by atoms with Crippen LogP contribution >= 0.6 is 15.9 Å². The highest BCUT2D eigenvalue weighted by Crippen LogP contribution is 2.21. The summed E-state index contributed by atoms with van der Waals surface area (Å²) in [7, 11) is 0. The first-order valence-corrected chi connectivity index (χ1v) is 5.89. The van der Waals surface area contributed by atoms with Crippen LogP contribution in [0.3, 0.4) is 0 Å². The van der Waals surface area contributed by atoms with Crippen molar-refractivity contribution >= 4 is 27.3 Å². The molecule has 0 bridgehead atoms. The molecule has 2 aromatic heterocycles. The number of fused-ring (bicyclic) bond motifs is 1. The molecule has 0 amide bonds. The predicted molar refractivity (Wildman–Crippen MR) is 70.5 cm³/mol. The fourth-order valence-electron chi connectivity index (χ4n) is 1.70. The first-order chi connectivity index (χ1) is 8.24. The minimum atomic E-state index is 0.690. The van der Waals surface area contributed by atoms with Crippen LogP contribution in [0, 0.1) is 0 Å². The second kappa shape index (κ2) is 3.85. The van der Waals surface area contributed by atoms with Gasteiger partial charge in [-0.25, -0.2) is 0 Å². The Morgan fingerprint density at radius 1 is 1.00 bits per heavy atom. The van der Waals surface area contributed by atoms with Gasteiger partial charge in [-0.1, -0.05) is 28.1 Å². The third kappa shape index (κ3) is 1.78. The zero-order chi connectivity index (χ0) is 11.8. The molecule has 0 aliphatic rings. The number of nitrogens with two attached hydrogens (primary N) is 1. The van der Waals surface area contributed by atoms with Gasteiger partial charge in [-0.05, 0) is 24.3 Å². The van der Waals surface area contributed by atoms with E-state index in [0.717, 1.165) is 21.5 Å². The summed E-state index contributed by atoms with van der Waals surface area (Å²) in [4.78, 5) is 0. The van der Waals surface area contributed by atoms with E-state index in [1.165, 1.54) is 0 Å². The summed E-state index contributed by atoms with van der Waals surface area (Å²) >= 11 is 3.41. The van der Waals surface area contributed by atoms with E-state index < -0.39 is 0 Å². The molecule has 0 unspecified atom stereocenters. The highest BCUT2D eigenvalue weighted by Gasteiger charge is 2.07. The van der Waals surface area contributed by atoms with E-state index in [-0.39, 0.29) is 0 Å². The number of aromatic nitrogens is 3. The maximum Gasteiger partial charge on any atom is 0.168 e. The molecular weight excluding hydrogens is 280 g/mol. The van der Waals surface area contributed by atoms with Crippen LogP contribution in [-0.2, 0) is 0 Å². The van der Waals surface area contributed by atoms with Gasteiger partial charge in [0.25, 0.3) is 0 Å². The number of halogens is 1. The topological polar surface area (TPSA) is 56.2 Å². The molecule has 0 fully saturated rings. The lowest BCUT2D eigenvalue weighted by Gasteiger charge is -2.01. The van der Waals surface area contributed by atoms with Gasteiger partial charge in [-0.15, -0.1) is 10.2 Å². The average molecular weight is 289 g/mol. The minimum absolute atomic E-state index is 0.690. The standard InChI is InChI=1S/C12H9BrN4/c13-9-3-1-8(2-4-9)12-16-15-11-6-5-10(14)7-17(11)12/h1-7H,14H2. The minimum Gasteiger partial charge on any atom is -0.398 e. The van der Waals surface area contributed by atoms with E-state index in [1.54, 1.807) is 0 Å². The molecule has 0 atom stereocenters. The van der Waals surface area contributed by atoms with Crippen LogP contribution in [0.4, 0.5) is 5.69 Å². The molecule has 17 heavy (non-hydrogen) atoms. The number of nitrogens with zero attached hydrogens (tertiary/aromatic N) is 3. The molecule has 4 nitrogen and oxygen atoms in total. The van der Waals surface area contributed by atoms with Gasteiger partial charge in [-0.3, -0.25) is 4.40 Å². The zero-order valence-electron chi connectivity index (χ0n) is 8.84. The van der Waals surface area contributed by atoms with Crippen LogP contribution in [0.25, 0.3) is 17.0 Å². The monoisotopic (exact) mass is 288 g/mol. The summed E-state index contributed by atoms with van der Waals surface area (Å²) in [5.41, 5.74) is 8.26. The first kappa shape index (κ1) is 10.3. The Kier molecular flexibility index (Phi) is 2.33. The van der Waals surface area contributed by atoms with Gasteiger partial charge < -0.3 is 5.73 Å². The highest BCUT2D eigenvalue weighted by atomic mass is 79.9. The number of pyridine rings is 1. The van der Waals surface area contributed by atoms with Crippen LogP contribution in [0.5, 0.6) is 0 Å². The SMILES string of the molecule is Nc1ccc2nnc(-c3ccc(Br)cc3)n2c1. The molecule has 1 aromatic carbocycles. The lowest BCUT2D eigenvalue weighted by atomic mass is 10.2. The van der Waals surface area contributed by atoms with E-state index in [2.05, 4.69) is 26.1 Å². The van der Waals surface area contributed by atoms with Crippen molar-refractivity contribution in [2.45, 2.75) is 0 Å². The highest BCUT2D eigenvalue weighted by molar-refractivity contribution is 9.10. The summed E-state index contributed by atoms with van der Waals surface area (Å²) in [5.74, 6) is 0.791. The van der Waals surface area contributed by atoms with E-state index in [1.807, 2.05) is 47.0 Å². The molecule has 0 aliphatic carbocycles. The number of nitrogen functional groups attached to an aromatic ring is 1. The molecule has 84 valence electrons. The quantitative estimate of drug-likeness (QED) is 0.749. The lowest BCUT2D eigenvalue weighted by Crippen LogP contribution is -1.92. The summed E-state index contributed by atoms with van der Waals surface area (Å²) in [6, 6.07) is 11.6. The normalized spacial score (nSPS) is 10.9. The Morgan fingerprint density at radius 2 is 1.76 bits per heavy atom. The van der Waals surface area contributed by atoms with Crippen LogP contribution in [0.1, 0.15) is 0 Å². The Hall–Kier alpha value is -1.88. The molecule has 3 rings (SSSR count). The molecule has 0 spiro atoms. The smallest absolute Gasteiger partial charge is 0.168 e. The van der Waals surface area contributed by atoms with Gasteiger partial charge >= 0.3 is 0 Å². The third-order valence-corrected chi connectivity index (χ3v) is 3.06. The van der Waals surface area contributed by atoms with Crippen molar-refractivity contribution in [3.63, 3.8) is 0 Å². The second-order valence-electron chi connectivity index (χ2n) is 3.72. The number of rotatable bonds is 1. The van der Waals surface area contributed by atoms with Crippen molar-refractivity contribution in [1.82, 2.24) is 14.6 Å². The Balaban J connectivity index is 2.23. The molecule has 0 radical (unpaired) electrons. The molecule has 2 N–H and O–H groups in total. The molecule has 0 saturated heterocycles. The van der Waals surface area contributed by atoms with Gasteiger partial charge in [0.15, 0.2) is 11.5 Å². The van der Waals surface area contributed by atoms with Gasteiger partial charge in [-0.2, -0.15) is 0 Å². The maximum absolute atomic E-state index is 5.77. The summed E-state index contributed by atoms with van der Waals surface area (Å²) in [6.45, 7) is 0. The van der Waals surface area contributed by atoms with Gasteiger partial charge in [0.1, 0.15) is 0 Å². The molecule has 3 aromatic rings. The van der Waals surface area contributed by atoms with E-state index in [9.17, 15) is 0 Å². The van der Waals surface area contributed by atoms with Gasteiger partial charge in [0.2, 0.25) is 0 Å². The first-order valence-electron chi connectivity index (χ1n) is 5.10. The van der Waals surface area contributed by atoms with Crippen molar-refractivity contribution in [3.05, 3.63) is 47.1 Å². The van der Waals surface area contributed by atoms with Crippen LogP contribution in [0.2, 0.25) is 0 Å². The molecule has 0 saturated carbocycles. The molecule has 0 aliphatic heterocycles. The number of anilines is 1. The van der Waals surface area contributed by atoms with Gasteiger partial charge in [0.05, 0.1) is 0 Å². The van der Waals surface area contributed by atoms with Crippen molar-refractivity contribution in [1.29, 1.82) is 0 Å². The Morgan fingerprint density at radius 3 is 2.53 bits per heavy atom. The number of hydrogen-bond donors (Lipinski definition) is 1. The summed E-state index contributed by atoms with van der Waals surface area (Å²) in [6.07, 6.45) is 1.83. The Bertz CT molecular complexity index is 673. The van der Waals surface area contributed by atoms with E-state index in [4.69, 9.17) is 5.73 Å². The van der Waals surface area contributed by atoms with Crippen molar-refractivity contribution in [2.75, 3.05) is 5.73 Å². The maximum atomic E-state index is 5.77. The molecular formula is C12H9BrN4. The zero-order valence-corrected chi connectivity index (χ0v) is 10.4. The van der Waals surface area contributed by atoms with Crippen molar-refractivity contribution in [2.24, 2.45) is 0 Å². The van der Waals surface area contributed by atoms with Crippen LogP contribution < -0.4 is 5.73 Å². The second-order valence-corrected chi connectivity index (χ2v) is 4.64. The Labute approximate surface area is 106 Å². The van der Waals surface area contributed by atoms with Gasteiger partial charge in [0, 0.05) is 21.9 Å². The summed E-state index contributed by atoms with van der Waals surface area (Å²) in [5, 5.41) is 8.28. The largest absolute Gasteiger partial charge is 0.398 e. The number of benzene rings is 1. The number of hydrogen-bond acceptors (Lipinski definition) is 3. The van der Waals surface area contributed by atoms with Crippen molar-refractivity contribution < 1.29 is 0 Å².